The third kappa shape index (κ3) is 2.17. The van der Waals surface area contributed by atoms with E-state index in [1.165, 1.54) is 0 Å². The summed E-state index contributed by atoms with van der Waals surface area (Å²) in [6.45, 7) is 0. The summed E-state index contributed by atoms with van der Waals surface area (Å²) in [7, 11) is 1.65. The molecule has 2 aromatic carbocycles. The lowest BCUT2D eigenvalue weighted by atomic mass is 10.2. The number of aromatic amines is 2. The molecule has 122 valence electrons. The van der Waals surface area contributed by atoms with Crippen LogP contribution in [-0.2, 0) is 0 Å². The Morgan fingerprint density at radius 2 is 2.04 bits per heavy atom. The van der Waals surface area contributed by atoms with Crippen molar-refractivity contribution < 1.29 is 4.74 Å². The van der Waals surface area contributed by atoms with Gasteiger partial charge in [-0.1, -0.05) is 0 Å². The number of nitrogens with zero attached hydrogens (tertiary/aromatic N) is 4. The summed E-state index contributed by atoms with van der Waals surface area (Å²) in [5, 5.41) is 8.42. The number of H-pyrrole nitrogens is 2. The highest BCUT2D eigenvalue weighted by Gasteiger charge is 2.13. The predicted octanol–water partition coefficient (Wildman–Crippen LogP) is 3.30. The molecule has 2 N–H and O–H groups in total. The van der Waals surface area contributed by atoms with E-state index in [9.17, 15) is 0 Å². The Bertz CT molecular complexity index is 1190. The van der Waals surface area contributed by atoms with Gasteiger partial charge in [-0.25, -0.2) is 9.97 Å². The first-order valence-electron chi connectivity index (χ1n) is 7.82. The van der Waals surface area contributed by atoms with Crippen LogP contribution in [0.5, 0.6) is 5.75 Å². The molecule has 7 nitrogen and oxygen atoms in total. The summed E-state index contributed by atoms with van der Waals surface area (Å²) in [6.07, 6.45) is 5.43. The predicted molar refractivity (Wildman–Crippen MR) is 94.9 cm³/mol. The number of rotatable bonds is 3. The molecular weight excluding hydrogens is 316 g/mol. The zero-order valence-electron chi connectivity index (χ0n) is 13.4. The standard InChI is InChI=1S/C18H14N6O/c1-25-12-3-5-14-13(9-12)17(23-22-14)18-20-15-4-2-11(8-16(15)21-18)24-7-6-19-10-24/h2-10H,1H3,(H,20,21)(H,22,23). The van der Waals surface area contributed by atoms with Gasteiger partial charge in [0.05, 0.1) is 30.0 Å². The molecule has 5 aromatic rings. The zero-order valence-corrected chi connectivity index (χ0v) is 13.4. The molecule has 3 aromatic heterocycles. The first-order chi connectivity index (χ1) is 12.3. The van der Waals surface area contributed by atoms with E-state index in [2.05, 4.69) is 25.1 Å². The Balaban J connectivity index is 1.66. The monoisotopic (exact) mass is 330 g/mol. The summed E-state index contributed by atoms with van der Waals surface area (Å²) < 4.78 is 7.27. The van der Waals surface area contributed by atoms with E-state index >= 15 is 0 Å². The molecule has 0 aliphatic heterocycles. The van der Waals surface area contributed by atoms with Crippen molar-refractivity contribution in [3.8, 4) is 23.0 Å². The molecule has 0 fully saturated rings. The highest BCUT2D eigenvalue weighted by molar-refractivity contribution is 5.94. The molecule has 25 heavy (non-hydrogen) atoms. The Morgan fingerprint density at radius 3 is 2.88 bits per heavy atom. The Kier molecular flexibility index (Phi) is 2.87. The fourth-order valence-electron chi connectivity index (χ4n) is 2.98. The van der Waals surface area contributed by atoms with Gasteiger partial charge in [0.15, 0.2) is 5.82 Å². The van der Waals surface area contributed by atoms with Gasteiger partial charge in [-0.3, -0.25) is 5.10 Å². The lowest BCUT2D eigenvalue weighted by molar-refractivity contribution is 0.415. The van der Waals surface area contributed by atoms with Gasteiger partial charge < -0.3 is 14.3 Å². The molecular formula is C18H14N6O. The lowest BCUT2D eigenvalue weighted by Gasteiger charge is -2.00. The molecule has 0 aliphatic rings. The van der Waals surface area contributed by atoms with Gasteiger partial charge >= 0.3 is 0 Å². The first-order valence-corrected chi connectivity index (χ1v) is 7.82. The number of fused-ring (bicyclic) bond motifs is 2. The van der Waals surface area contributed by atoms with E-state index in [-0.39, 0.29) is 0 Å². The van der Waals surface area contributed by atoms with E-state index in [0.29, 0.717) is 0 Å². The number of ether oxygens (including phenoxy) is 1. The van der Waals surface area contributed by atoms with Crippen LogP contribution in [0, 0.1) is 0 Å². The van der Waals surface area contributed by atoms with E-state index < -0.39 is 0 Å². The van der Waals surface area contributed by atoms with E-state index in [1.54, 1.807) is 19.6 Å². The minimum atomic E-state index is 0.720. The van der Waals surface area contributed by atoms with Crippen LogP contribution in [0.4, 0.5) is 0 Å². The quantitative estimate of drug-likeness (QED) is 0.531. The fourth-order valence-corrected chi connectivity index (χ4v) is 2.98. The van der Waals surface area contributed by atoms with E-state index in [1.807, 2.05) is 47.2 Å². The lowest BCUT2D eigenvalue weighted by Crippen LogP contribution is -1.88. The number of aromatic nitrogens is 6. The number of imidazole rings is 2. The van der Waals surface area contributed by atoms with Crippen molar-refractivity contribution in [2.45, 2.75) is 0 Å². The van der Waals surface area contributed by atoms with Crippen molar-refractivity contribution in [3.63, 3.8) is 0 Å². The van der Waals surface area contributed by atoms with Crippen LogP contribution in [0.25, 0.3) is 39.1 Å². The number of benzene rings is 2. The SMILES string of the molecule is COc1ccc2[nH]nc(-c3nc4ccc(-n5ccnc5)cc4[nH]3)c2c1. The minimum Gasteiger partial charge on any atom is -0.497 e. The molecule has 0 bridgehead atoms. The van der Waals surface area contributed by atoms with Crippen molar-refractivity contribution in [1.82, 2.24) is 29.7 Å². The Hall–Kier alpha value is -3.61. The van der Waals surface area contributed by atoms with Gasteiger partial charge in [0, 0.05) is 23.5 Å². The van der Waals surface area contributed by atoms with E-state index in [4.69, 9.17) is 4.74 Å². The second-order valence-corrected chi connectivity index (χ2v) is 5.74. The summed E-state index contributed by atoms with van der Waals surface area (Å²) in [5.41, 5.74) is 4.57. The minimum absolute atomic E-state index is 0.720. The van der Waals surface area contributed by atoms with Crippen LogP contribution in [-0.4, -0.2) is 36.8 Å². The fraction of sp³-hybridized carbons (Fsp3) is 0.0556. The molecule has 5 rings (SSSR count). The normalized spacial score (nSPS) is 11.4. The number of hydrogen-bond acceptors (Lipinski definition) is 4. The van der Waals surface area contributed by atoms with Crippen molar-refractivity contribution in [2.24, 2.45) is 0 Å². The maximum atomic E-state index is 5.32. The molecule has 0 unspecified atom stereocenters. The van der Waals surface area contributed by atoms with Crippen LogP contribution in [0.2, 0.25) is 0 Å². The van der Waals surface area contributed by atoms with Gasteiger partial charge in [0.2, 0.25) is 0 Å². The molecule has 0 saturated carbocycles. The maximum absolute atomic E-state index is 5.32. The summed E-state index contributed by atoms with van der Waals surface area (Å²) in [6, 6.07) is 11.9. The van der Waals surface area contributed by atoms with Gasteiger partial charge in [-0.15, -0.1) is 0 Å². The topological polar surface area (TPSA) is 84.4 Å². The summed E-state index contributed by atoms with van der Waals surface area (Å²) in [5.74, 6) is 1.51. The number of nitrogens with one attached hydrogen (secondary N) is 2. The molecule has 0 amide bonds. The van der Waals surface area contributed by atoms with Gasteiger partial charge in [0.1, 0.15) is 11.4 Å². The molecule has 0 radical (unpaired) electrons. The van der Waals surface area contributed by atoms with Crippen molar-refractivity contribution in [2.75, 3.05) is 7.11 Å². The highest BCUT2D eigenvalue weighted by Crippen LogP contribution is 2.29. The second kappa shape index (κ2) is 5.20. The van der Waals surface area contributed by atoms with Crippen LogP contribution < -0.4 is 4.74 Å². The third-order valence-corrected chi connectivity index (χ3v) is 4.26. The van der Waals surface area contributed by atoms with Crippen LogP contribution in [0.1, 0.15) is 0 Å². The molecule has 3 heterocycles. The summed E-state index contributed by atoms with van der Waals surface area (Å²) in [4.78, 5) is 12.1. The van der Waals surface area contributed by atoms with Crippen LogP contribution >= 0.6 is 0 Å². The van der Waals surface area contributed by atoms with Crippen molar-refractivity contribution in [1.29, 1.82) is 0 Å². The van der Waals surface area contributed by atoms with Gasteiger partial charge in [-0.2, -0.15) is 5.10 Å². The van der Waals surface area contributed by atoms with E-state index in [0.717, 1.165) is 44.9 Å². The molecule has 0 saturated heterocycles. The van der Waals surface area contributed by atoms with Crippen LogP contribution in [0.3, 0.4) is 0 Å². The van der Waals surface area contributed by atoms with Crippen LogP contribution in [0.15, 0.2) is 55.1 Å². The number of methoxy groups -OCH3 is 1. The Morgan fingerprint density at radius 1 is 1.08 bits per heavy atom. The largest absolute Gasteiger partial charge is 0.497 e. The highest BCUT2D eigenvalue weighted by atomic mass is 16.5. The molecule has 0 spiro atoms. The van der Waals surface area contributed by atoms with Crippen molar-refractivity contribution in [3.05, 3.63) is 55.1 Å². The average Bonchev–Trinajstić information content (AvgIpc) is 3.38. The Labute approximate surface area is 142 Å². The van der Waals surface area contributed by atoms with Crippen molar-refractivity contribution >= 4 is 21.9 Å². The second-order valence-electron chi connectivity index (χ2n) is 5.74. The molecule has 7 heteroatoms. The van der Waals surface area contributed by atoms with Gasteiger partial charge in [-0.05, 0) is 36.4 Å². The first kappa shape index (κ1) is 13.8. The van der Waals surface area contributed by atoms with Gasteiger partial charge in [0.25, 0.3) is 0 Å². The smallest absolute Gasteiger partial charge is 0.159 e. The number of hydrogen-bond donors (Lipinski definition) is 2. The zero-order chi connectivity index (χ0) is 16.8. The molecule has 0 atom stereocenters. The summed E-state index contributed by atoms with van der Waals surface area (Å²) >= 11 is 0. The maximum Gasteiger partial charge on any atom is 0.159 e. The third-order valence-electron chi connectivity index (χ3n) is 4.26. The molecule has 0 aliphatic carbocycles. The average molecular weight is 330 g/mol.